The van der Waals surface area contributed by atoms with Gasteiger partial charge in [-0.25, -0.2) is 0 Å². The number of aromatic nitrogens is 1. The van der Waals surface area contributed by atoms with Gasteiger partial charge in [0.15, 0.2) is 0 Å². The summed E-state index contributed by atoms with van der Waals surface area (Å²) in [4.78, 5) is 20.7. The first-order chi connectivity index (χ1) is 12.6. The van der Waals surface area contributed by atoms with Crippen molar-refractivity contribution in [3.05, 3.63) is 58.3 Å². The molecule has 0 atom stereocenters. The van der Waals surface area contributed by atoms with E-state index in [1.54, 1.807) is 18.3 Å². The van der Waals surface area contributed by atoms with Gasteiger partial charge < -0.3 is 10.2 Å². The number of amides is 1. The zero-order valence-electron chi connectivity index (χ0n) is 14.5. The summed E-state index contributed by atoms with van der Waals surface area (Å²) in [5, 5.41) is 4.10. The first-order valence-corrected chi connectivity index (χ1v) is 9.50. The van der Waals surface area contributed by atoms with Gasteiger partial charge in [-0.1, -0.05) is 29.3 Å². The molecule has 3 rings (SSSR count). The van der Waals surface area contributed by atoms with Crippen molar-refractivity contribution in [1.82, 2.24) is 15.2 Å². The maximum absolute atomic E-state index is 11.9. The van der Waals surface area contributed by atoms with Crippen LogP contribution < -0.4 is 10.2 Å². The van der Waals surface area contributed by atoms with E-state index in [9.17, 15) is 4.79 Å². The SMILES string of the molecule is O=C(NCCCN1CCN(c2ccc(Cl)c(Cl)c2)CC1)c1ccccn1. The Hall–Kier alpha value is -1.82. The standard InChI is InChI=1S/C19H22Cl2N4O/c20-16-6-5-15(14-17(16)21)25-12-10-24(11-13-25)9-3-8-23-19(26)18-4-1-2-7-22-18/h1-2,4-7,14H,3,8-13H2,(H,23,26). The number of nitrogens with zero attached hydrogens (tertiary/aromatic N) is 3. The minimum absolute atomic E-state index is 0.116. The van der Waals surface area contributed by atoms with E-state index in [-0.39, 0.29) is 5.91 Å². The van der Waals surface area contributed by atoms with Crippen molar-refractivity contribution in [1.29, 1.82) is 0 Å². The molecule has 2 aromatic rings. The second-order valence-electron chi connectivity index (χ2n) is 6.25. The van der Waals surface area contributed by atoms with Gasteiger partial charge in [-0.3, -0.25) is 14.7 Å². The van der Waals surface area contributed by atoms with E-state index >= 15 is 0 Å². The number of halogens is 2. The third-order valence-corrected chi connectivity index (χ3v) is 5.21. The summed E-state index contributed by atoms with van der Waals surface area (Å²) in [5.41, 5.74) is 1.57. The van der Waals surface area contributed by atoms with Gasteiger partial charge in [0.05, 0.1) is 10.0 Å². The predicted octanol–water partition coefficient (Wildman–Crippen LogP) is 3.33. The second kappa shape index (κ2) is 9.21. The summed E-state index contributed by atoms with van der Waals surface area (Å²) in [6.07, 6.45) is 2.55. The minimum Gasteiger partial charge on any atom is -0.369 e. The van der Waals surface area contributed by atoms with Crippen LogP contribution in [-0.2, 0) is 0 Å². The van der Waals surface area contributed by atoms with Crippen LogP contribution in [0.25, 0.3) is 0 Å². The number of benzene rings is 1. The molecule has 7 heteroatoms. The van der Waals surface area contributed by atoms with Crippen LogP contribution in [-0.4, -0.2) is 55.1 Å². The second-order valence-corrected chi connectivity index (χ2v) is 7.07. The number of piperazine rings is 1. The lowest BCUT2D eigenvalue weighted by Crippen LogP contribution is -2.47. The number of rotatable bonds is 6. The van der Waals surface area contributed by atoms with Gasteiger partial charge in [-0.15, -0.1) is 0 Å². The number of nitrogens with one attached hydrogen (secondary N) is 1. The number of pyridine rings is 1. The van der Waals surface area contributed by atoms with Crippen molar-refractivity contribution in [2.24, 2.45) is 0 Å². The van der Waals surface area contributed by atoms with Crippen LogP contribution in [0.1, 0.15) is 16.9 Å². The lowest BCUT2D eigenvalue weighted by atomic mass is 10.2. The van der Waals surface area contributed by atoms with Crippen LogP contribution in [0.5, 0.6) is 0 Å². The fourth-order valence-corrected chi connectivity index (χ4v) is 3.30. The average Bonchev–Trinajstić information content (AvgIpc) is 2.68. The minimum atomic E-state index is -0.116. The van der Waals surface area contributed by atoms with E-state index in [0.29, 0.717) is 22.3 Å². The summed E-state index contributed by atoms with van der Waals surface area (Å²) < 4.78 is 0. The Morgan fingerprint density at radius 3 is 2.58 bits per heavy atom. The Kier molecular flexibility index (Phi) is 6.72. The average molecular weight is 393 g/mol. The number of hydrogen-bond donors (Lipinski definition) is 1. The van der Waals surface area contributed by atoms with Crippen molar-refractivity contribution in [2.45, 2.75) is 6.42 Å². The van der Waals surface area contributed by atoms with E-state index in [4.69, 9.17) is 23.2 Å². The van der Waals surface area contributed by atoms with Crippen LogP contribution in [0.2, 0.25) is 10.0 Å². The molecular weight excluding hydrogens is 371 g/mol. The highest BCUT2D eigenvalue weighted by Gasteiger charge is 2.17. The molecule has 2 heterocycles. The van der Waals surface area contributed by atoms with Crippen LogP contribution in [0.4, 0.5) is 5.69 Å². The molecule has 1 aliphatic heterocycles. The van der Waals surface area contributed by atoms with Gasteiger partial charge in [0.1, 0.15) is 5.69 Å². The lowest BCUT2D eigenvalue weighted by Gasteiger charge is -2.36. The molecule has 1 aliphatic rings. The summed E-state index contributed by atoms with van der Waals surface area (Å²) >= 11 is 12.1. The van der Waals surface area contributed by atoms with Crippen LogP contribution in [0, 0.1) is 0 Å². The van der Waals surface area contributed by atoms with E-state index in [1.165, 1.54) is 0 Å². The highest BCUT2D eigenvalue weighted by atomic mass is 35.5. The molecule has 26 heavy (non-hydrogen) atoms. The number of carbonyl (C=O) groups excluding carboxylic acids is 1. The maximum atomic E-state index is 11.9. The van der Waals surface area contributed by atoms with Crippen LogP contribution in [0.3, 0.4) is 0 Å². The van der Waals surface area contributed by atoms with E-state index in [0.717, 1.165) is 44.8 Å². The topological polar surface area (TPSA) is 48.5 Å². The Morgan fingerprint density at radius 1 is 1.08 bits per heavy atom. The molecule has 0 unspecified atom stereocenters. The third kappa shape index (κ3) is 5.10. The molecule has 0 radical (unpaired) electrons. The first-order valence-electron chi connectivity index (χ1n) is 8.75. The maximum Gasteiger partial charge on any atom is 0.269 e. The molecule has 5 nitrogen and oxygen atoms in total. The van der Waals surface area contributed by atoms with Gasteiger partial charge in [0.2, 0.25) is 0 Å². The molecule has 1 aromatic heterocycles. The van der Waals surface area contributed by atoms with Crippen LogP contribution >= 0.6 is 23.2 Å². The molecule has 1 saturated heterocycles. The fraction of sp³-hybridized carbons (Fsp3) is 0.368. The molecule has 1 amide bonds. The Bertz CT molecular complexity index is 734. The molecule has 0 spiro atoms. The largest absolute Gasteiger partial charge is 0.369 e. The van der Waals surface area contributed by atoms with Gasteiger partial charge in [-0.05, 0) is 43.3 Å². The first kappa shape index (κ1) is 19.0. The summed E-state index contributed by atoms with van der Waals surface area (Å²) in [7, 11) is 0. The molecule has 0 saturated carbocycles. The van der Waals surface area contributed by atoms with Gasteiger partial charge in [-0.2, -0.15) is 0 Å². The Balaban J connectivity index is 1.36. The summed E-state index contributed by atoms with van der Waals surface area (Å²) in [6, 6.07) is 11.1. The molecule has 138 valence electrons. The van der Waals surface area contributed by atoms with Crippen molar-refractivity contribution in [3.8, 4) is 0 Å². The monoisotopic (exact) mass is 392 g/mol. The van der Waals surface area contributed by atoms with E-state index in [1.807, 2.05) is 24.3 Å². The number of carbonyl (C=O) groups is 1. The predicted molar refractivity (Wildman–Crippen MR) is 106 cm³/mol. The molecular formula is C19H22Cl2N4O. The van der Waals surface area contributed by atoms with Crippen molar-refractivity contribution in [2.75, 3.05) is 44.2 Å². The Labute approximate surface area is 163 Å². The van der Waals surface area contributed by atoms with Crippen molar-refractivity contribution in [3.63, 3.8) is 0 Å². The zero-order valence-corrected chi connectivity index (χ0v) is 16.0. The highest BCUT2D eigenvalue weighted by molar-refractivity contribution is 6.42. The molecule has 1 N–H and O–H groups in total. The molecule has 1 fully saturated rings. The van der Waals surface area contributed by atoms with Crippen LogP contribution in [0.15, 0.2) is 42.6 Å². The fourth-order valence-electron chi connectivity index (χ4n) is 3.00. The normalized spacial score (nSPS) is 15.1. The molecule has 0 aliphatic carbocycles. The van der Waals surface area contributed by atoms with Gasteiger partial charge >= 0.3 is 0 Å². The van der Waals surface area contributed by atoms with Gasteiger partial charge in [0.25, 0.3) is 5.91 Å². The quantitative estimate of drug-likeness (QED) is 0.765. The Morgan fingerprint density at radius 2 is 1.88 bits per heavy atom. The van der Waals surface area contributed by atoms with Crippen molar-refractivity contribution >= 4 is 34.8 Å². The van der Waals surface area contributed by atoms with E-state index in [2.05, 4.69) is 20.1 Å². The highest BCUT2D eigenvalue weighted by Crippen LogP contribution is 2.27. The van der Waals surface area contributed by atoms with Crippen molar-refractivity contribution < 1.29 is 4.79 Å². The zero-order chi connectivity index (χ0) is 18.4. The van der Waals surface area contributed by atoms with E-state index < -0.39 is 0 Å². The summed E-state index contributed by atoms with van der Waals surface area (Å²) in [6.45, 7) is 5.53. The number of hydrogen-bond acceptors (Lipinski definition) is 4. The number of anilines is 1. The lowest BCUT2D eigenvalue weighted by molar-refractivity contribution is 0.0946. The third-order valence-electron chi connectivity index (χ3n) is 4.47. The molecule has 1 aromatic carbocycles. The smallest absolute Gasteiger partial charge is 0.269 e. The molecule has 0 bridgehead atoms. The summed E-state index contributed by atoms with van der Waals surface area (Å²) in [5.74, 6) is -0.116. The van der Waals surface area contributed by atoms with Gasteiger partial charge in [0, 0.05) is 44.6 Å².